The van der Waals surface area contributed by atoms with Crippen LogP contribution in [0.1, 0.15) is 22.5 Å². The van der Waals surface area contributed by atoms with Crippen LogP contribution in [-0.4, -0.2) is 73.6 Å². The fraction of sp³-hybridized carbons (Fsp3) is 0.429. The number of carbonyl (C=O) groups is 2. The minimum Gasteiger partial charge on any atom is -0.340 e. The zero-order chi connectivity index (χ0) is 21.1. The molecule has 2 amide bonds. The molecule has 2 saturated heterocycles. The molecule has 2 aromatic rings. The van der Waals surface area contributed by atoms with Gasteiger partial charge >= 0.3 is 0 Å². The molecule has 4 rings (SSSR count). The Balaban J connectivity index is 1.35. The fourth-order valence-electron chi connectivity index (χ4n) is 4.07. The molecule has 0 N–H and O–H groups in total. The third kappa shape index (κ3) is 4.28. The Bertz CT molecular complexity index is 985. The van der Waals surface area contributed by atoms with Gasteiger partial charge in [0, 0.05) is 39.3 Å². The summed E-state index contributed by atoms with van der Waals surface area (Å²) >= 11 is 1.41. The Kier molecular flexibility index (Phi) is 6.21. The van der Waals surface area contributed by atoms with E-state index in [0.717, 1.165) is 12.8 Å². The molecule has 1 aromatic heterocycles. The molecule has 7 nitrogen and oxygen atoms in total. The number of amides is 2. The second-order valence-electron chi connectivity index (χ2n) is 7.61. The lowest BCUT2D eigenvalue weighted by atomic mass is 9.96. The van der Waals surface area contributed by atoms with Crippen molar-refractivity contribution in [3.63, 3.8) is 0 Å². The van der Waals surface area contributed by atoms with E-state index >= 15 is 0 Å². The molecular weight excluding hydrogens is 422 g/mol. The molecule has 1 atom stereocenters. The average molecular weight is 448 g/mol. The number of likely N-dealkylation sites (tertiary alicyclic amines) is 1. The van der Waals surface area contributed by atoms with Crippen LogP contribution in [0, 0.1) is 5.92 Å². The number of nitrogens with zero attached hydrogens (tertiary/aromatic N) is 3. The van der Waals surface area contributed by atoms with Crippen LogP contribution in [0.3, 0.4) is 0 Å². The molecule has 30 heavy (non-hydrogen) atoms. The van der Waals surface area contributed by atoms with Gasteiger partial charge < -0.3 is 9.80 Å². The van der Waals surface area contributed by atoms with Crippen molar-refractivity contribution in [2.24, 2.45) is 5.92 Å². The average Bonchev–Trinajstić information content (AvgIpc) is 3.34. The standard InChI is InChI=1S/C21H25N3O4S2/c25-20(17-6-4-10-23(16-17)21(26)19-9-5-15-29-19)22-11-13-24(14-12-22)30(27,28)18-7-2-1-3-8-18/h1-3,5,7-9,15,17H,4,6,10-14,16H2. The van der Waals surface area contributed by atoms with E-state index in [1.165, 1.54) is 15.6 Å². The number of hydrogen-bond donors (Lipinski definition) is 0. The van der Waals surface area contributed by atoms with Gasteiger partial charge in [-0.25, -0.2) is 8.42 Å². The van der Waals surface area contributed by atoms with Crippen LogP contribution in [0.5, 0.6) is 0 Å². The molecule has 0 spiro atoms. The quantitative estimate of drug-likeness (QED) is 0.719. The van der Waals surface area contributed by atoms with E-state index in [2.05, 4.69) is 0 Å². The number of piperidine rings is 1. The van der Waals surface area contributed by atoms with Crippen LogP contribution in [0.15, 0.2) is 52.7 Å². The highest BCUT2D eigenvalue weighted by Crippen LogP contribution is 2.24. The van der Waals surface area contributed by atoms with Gasteiger partial charge in [-0.15, -0.1) is 11.3 Å². The molecule has 0 bridgehead atoms. The molecule has 9 heteroatoms. The maximum atomic E-state index is 13.1. The Morgan fingerprint density at radius 1 is 0.900 bits per heavy atom. The molecule has 2 aliphatic heterocycles. The van der Waals surface area contributed by atoms with E-state index < -0.39 is 10.0 Å². The van der Waals surface area contributed by atoms with Gasteiger partial charge in [-0.3, -0.25) is 9.59 Å². The van der Waals surface area contributed by atoms with Crippen molar-refractivity contribution in [2.45, 2.75) is 17.7 Å². The van der Waals surface area contributed by atoms with Crippen LogP contribution >= 0.6 is 11.3 Å². The topological polar surface area (TPSA) is 78.0 Å². The zero-order valence-electron chi connectivity index (χ0n) is 16.6. The number of rotatable bonds is 4. The lowest BCUT2D eigenvalue weighted by molar-refractivity contribution is -0.138. The Hall–Kier alpha value is -2.23. The van der Waals surface area contributed by atoms with Crippen LogP contribution < -0.4 is 0 Å². The summed E-state index contributed by atoms with van der Waals surface area (Å²) in [5.41, 5.74) is 0. The zero-order valence-corrected chi connectivity index (χ0v) is 18.3. The van der Waals surface area contributed by atoms with Gasteiger partial charge in [-0.05, 0) is 36.4 Å². The van der Waals surface area contributed by atoms with Crippen LogP contribution in [0.4, 0.5) is 0 Å². The van der Waals surface area contributed by atoms with Crippen LogP contribution in [0.2, 0.25) is 0 Å². The summed E-state index contributed by atoms with van der Waals surface area (Å²) in [5, 5.41) is 1.88. The monoisotopic (exact) mass is 447 g/mol. The Morgan fingerprint density at radius 3 is 2.30 bits per heavy atom. The molecule has 0 aliphatic carbocycles. The van der Waals surface area contributed by atoms with Crippen molar-refractivity contribution in [1.29, 1.82) is 0 Å². The third-order valence-corrected chi connectivity index (χ3v) is 8.49. The van der Waals surface area contributed by atoms with Crippen molar-refractivity contribution < 1.29 is 18.0 Å². The molecule has 3 heterocycles. The molecular formula is C21H25N3O4S2. The highest BCUT2D eigenvalue weighted by atomic mass is 32.2. The summed E-state index contributed by atoms with van der Waals surface area (Å²) in [6, 6.07) is 12.0. The normalized spacial score (nSPS) is 20.9. The van der Waals surface area contributed by atoms with E-state index in [-0.39, 0.29) is 35.7 Å². The van der Waals surface area contributed by atoms with Crippen molar-refractivity contribution in [3.8, 4) is 0 Å². The predicted molar refractivity (Wildman–Crippen MR) is 115 cm³/mol. The van der Waals surface area contributed by atoms with Crippen LogP contribution in [0.25, 0.3) is 0 Å². The van der Waals surface area contributed by atoms with Gasteiger partial charge in [-0.1, -0.05) is 24.3 Å². The third-order valence-electron chi connectivity index (χ3n) is 5.72. The second kappa shape index (κ2) is 8.87. The first-order valence-corrected chi connectivity index (χ1v) is 12.5. The summed E-state index contributed by atoms with van der Waals surface area (Å²) in [6.45, 7) is 2.42. The van der Waals surface area contributed by atoms with Gasteiger partial charge in [0.1, 0.15) is 0 Å². The molecule has 1 unspecified atom stereocenters. The van der Waals surface area contributed by atoms with Crippen molar-refractivity contribution in [1.82, 2.24) is 14.1 Å². The first-order valence-electron chi connectivity index (χ1n) is 10.1. The number of benzene rings is 1. The van der Waals surface area contributed by atoms with E-state index in [4.69, 9.17) is 0 Å². The minimum absolute atomic E-state index is 0.0127. The summed E-state index contributed by atoms with van der Waals surface area (Å²) < 4.78 is 27.0. The van der Waals surface area contributed by atoms with Crippen LogP contribution in [-0.2, 0) is 14.8 Å². The Labute approximate surface area is 180 Å². The lowest BCUT2D eigenvalue weighted by Gasteiger charge is -2.38. The maximum Gasteiger partial charge on any atom is 0.263 e. The van der Waals surface area contributed by atoms with Crippen molar-refractivity contribution >= 4 is 33.2 Å². The van der Waals surface area contributed by atoms with Crippen molar-refractivity contribution in [2.75, 3.05) is 39.3 Å². The van der Waals surface area contributed by atoms with Gasteiger partial charge in [0.2, 0.25) is 15.9 Å². The number of piperazine rings is 1. The summed E-state index contributed by atoms with van der Waals surface area (Å²) in [7, 11) is -3.54. The van der Waals surface area contributed by atoms with Gasteiger partial charge in [0.15, 0.2) is 0 Å². The van der Waals surface area contributed by atoms with E-state index in [9.17, 15) is 18.0 Å². The van der Waals surface area contributed by atoms with E-state index in [1.54, 1.807) is 40.1 Å². The number of sulfonamides is 1. The number of thiophene rings is 1. The van der Waals surface area contributed by atoms with E-state index in [1.807, 2.05) is 17.5 Å². The summed E-state index contributed by atoms with van der Waals surface area (Å²) in [6.07, 6.45) is 1.56. The Morgan fingerprint density at radius 2 is 1.63 bits per heavy atom. The molecule has 0 radical (unpaired) electrons. The minimum atomic E-state index is -3.54. The highest BCUT2D eigenvalue weighted by molar-refractivity contribution is 7.89. The largest absolute Gasteiger partial charge is 0.340 e. The second-order valence-corrected chi connectivity index (χ2v) is 10.5. The highest BCUT2D eigenvalue weighted by Gasteiger charge is 2.35. The molecule has 0 saturated carbocycles. The molecule has 1 aromatic carbocycles. The smallest absolute Gasteiger partial charge is 0.263 e. The first-order chi connectivity index (χ1) is 14.5. The summed E-state index contributed by atoms with van der Waals surface area (Å²) in [5.74, 6) is -0.211. The number of carbonyl (C=O) groups excluding carboxylic acids is 2. The van der Waals surface area contributed by atoms with Gasteiger partial charge in [-0.2, -0.15) is 4.31 Å². The first kappa shape index (κ1) is 21.0. The molecule has 160 valence electrons. The maximum absolute atomic E-state index is 13.1. The fourth-order valence-corrected chi connectivity index (χ4v) is 6.20. The van der Waals surface area contributed by atoms with E-state index in [0.29, 0.717) is 31.1 Å². The van der Waals surface area contributed by atoms with Crippen molar-refractivity contribution in [3.05, 3.63) is 52.7 Å². The predicted octanol–water partition coefficient (Wildman–Crippen LogP) is 2.13. The lowest BCUT2D eigenvalue weighted by Crippen LogP contribution is -2.54. The number of hydrogen-bond acceptors (Lipinski definition) is 5. The molecule has 2 aliphatic rings. The summed E-state index contributed by atoms with van der Waals surface area (Å²) in [4.78, 5) is 30.2. The molecule has 2 fully saturated rings. The van der Waals surface area contributed by atoms with Gasteiger partial charge in [0.05, 0.1) is 15.7 Å². The van der Waals surface area contributed by atoms with Gasteiger partial charge in [0.25, 0.3) is 5.91 Å². The SMILES string of the molecule is O=C(c1cccs1)N1CCCC(C(=O)N2CCN(S(=O)(=O)c3ccccc3)CC2)C1.